The fraction of sp³-hybridized carbons (Fsp3) is 0.259. The number of hydrogen-bond donors (Lipinski definition) is 3. The summed E-state index contributed by atoms with van der Waals surface area (Å²) in [5.41, 5.74) is 24.1. The SMILES string of the molecule is C=C/C=C\C(=C/C)CNC(NC(N)C1=CCCC=C1)c1cccc(C/C=C\C=C(/CC)c2ccc3c(c2)-c2c(/C=C\C)c(C=C)c(C)c(/C=C\C=C)c2C3(C)C)c1. The zero-order valence-corrected chi connectivity index (χ0v) is 35.2. The number of rotatable bonds is 18. The van der Waals surface area contributed by atoms with Crippen LogP contribution in [0.5, 0.6) is 0 Å². The molecule has 2 atom stereocenters. The highest BCUT2D eigenvalue weighted by molar-refractivity contribution is 5.95. The second-order valence-electron chi connectivity index (χ2n) is 15.3. The summed E-state index contributed by atoms with van der Waals surface area (Å²) in [7, 11) is 0. The smallest absolute Gasteiger partial charge is 0.0852 e. The van der Waals surface area contributed by atoms with Gasteiger partial charge in [-0.25, -0.2) is 0 Å². The quantitative estimate of drug-likeness (QED) is 0.0895. The molecule has 294 valence electrons. The summed E-state index contributed by atoms with van der Waals surface area (Å²) < 4.78 is 0. The van der Waals surface area contributed by atoms with Crippen molar-refractivity contribution in [1.29, 1.82) is 0 Å². The topological polar surface area (TPSA) is 50.1 Å². The van der Waals surface area contributed by atoms with Crippen molar-refractivity contribution in [1.82, 2.24) is 10.6 Å². The van der Waals surface area contributed by atoms with Crippen molar-refractivity contribution < 1.29 is 0 Å². The minimum atomic E-state index is -0.282. The number of nitrogens with one attached hydrogen (secondary N) is 2. The minimum Gasteiger partial charge on any atom is -0.312 e. The molecule has 3 heteroatoms. The monoisotopic (exact) mass is 754 g/mol. The summed E-state index contributed by atoms with van der Waals surface area (Å²) >= 11 is 0. The molecule has 2 unspecified atom stereocenters. The Kier molecular flexibility index (Phi) is 15.2. The van der Waals surface area contributed by atoms with Gasteiger partial charge in [0.2, 0.25) is 0 Å². The molecule has 0 saturated heterocycles. The maximum Gasteiger partial charge on any atom is 0.0852 e. The Balaban J connectivity index is 1.43. The summed E-state index contributed by atoms with van der Waals surface area (Å²) in [5, 5.41) is 7.39. The lowest BCUT2D eigenvalue weighted by molar-refractivity contribution is 0.419. The number of allylic oxidation sites excluding steroid dienone is 12. The van der Waals surface area contributed by atoms with Crippen molar-refractivity contribution in [3.05, 3.63) is 202 Å². The van der Waals surface area contributed by atoms with Gasteiger partial charge in [0.1, 0.15) is 0 Å². The highest BCUT2D eigenvalue weighted by atomic mass is 15.2. The molecule has 2 aliphatic rings. The summed E-state index contributed by atoms with van der Waals surface area (Å²) in [4.78, 5) is 0. The summed E-state index contributed by atoms with van der Waals surface area (Å²) in [6.07, 6.45) is 37.3. The van der Waals surface area contributed by atoms with Crippen LogP contribution < -0.4 is 16.4 Å². The third kappa shape index (κ3) is 9.80. The highest BCUT2D eigenvalue weighted by Crippen LogP contribution is 2.54. The van der Waals surface area contributed by atoms with E-state index in [1.54, 1.807) is 6.08 Å². The molecule has 0 bridgehead atoms. The van der Waals surface area contributed by atoms with Crippen LogP contribution in [0.2, 0.25) is 0 Å². The predicted octanol–water partition coefficient (Wildman–Crippen LogP) is 13.2. The van der Waals surface area contributed by atoms with Crippen LogP contribution in [0.1, 0.15) is 110 Å². The summed E-state index contributed by atoms with van der Waals surface area (Å²) in [5.74, 6) is 0. The van der Waals surface area contributed by atoms with Gasteiger partial charge in [-0.2, -0.15) is 0 Å². The van der Waals surface area contributed by atoms with Gasteiger partial charge in [-0.1, -0.05) is 174 Å². The van der Waals surface area contributed by atoms with Crippen LogP contribution in [-0.4, -0.2) is 12.7 Å². The molecule has 3 nitrogen and oxygen atoms in total. The van der Waals surface area contributed by atoms with Gasteiger partial charge in [0.15, 0.2) is 0 Å². The molecule has 0 aliphatic heterocycles. The fourth-order valence-electron chi connectivity index (χ4n) is 8.26. The lowest BCUT2D eigenvalue weighted by atomic mass is 9.77. The zero-order chi connectivity index (χ0) is 41.0. The maximum atomic E-state index is 6.72. The average molecular weight is 754 g/mol. The molecule has 0 aromatic heterocycles. The molecular formula is C54H63N3. The lowest BCUT2D eigenvalue weighted by Gasteiger charge is -2.27. The minimum absolute atomic E-state index is 0.136. The molecule has 0 radical (unpaired) electrons. The summed E-state index contributed by atoms with van der Waals surface area (Å²) in [6, 6.07) is 15.9. The molecule has 0 saturated carbocycles. The van der Waals surface area contributed by atoms with E-state index in [9.17, 15) is 0 Å². The standard InChI is InChI=1S/C54H63N3/c1-10-16-25-39(13-4)37-56-53(57-52(55)42-29-19-18-20-30-42)44-31-23-27-40(35-44)26-21-22-28-41(14-5)43-33-34-49-48(36-43)50-47(24-12-3)45(15-6)38(7)46(32-17-11-2)51(50)54(49,8)9/h10-13,15-17,19,21-25,27-36,52-53,56-57H,1-2,6,14,18,20,26,37,55H2,3-5,7-9H3/b22-21-,24-12-,25-16-,32-17-,39-13+,41-28+. The molecule has 0 heterocycles. The summed E-state index contributed by atoms with van der Waals surface area (Å²) in [6.45, 7) is 26.1. The van der Waals surface area contributed by atoms with Crippen molar-refractivity contribution in [3.63, 3.8) is 0 Å². The molecule has 3 aromatic rings. The van der Waals surface area contributed by atoms with Crippen molar-refractivity contribution in [2.24, 2.45) is 5.73 Å². The number of nitrogens with two attached hydrogens (primary N) is 1. The second kappa shape index (κ2) is 20.2. The molecule has 4 N–H and O–H groups in total. The van der Waals surface area contributed by atoms with E-state index in [2.05, 4.69) is 187 Å². The number of fused-ring (bicyclic) bond motifs is 3. The molecule has 0 fully saturated rings. The van der Waals surface area contributed by atoms with Crippen molar-refractivity contribution >= 4 is 23.8 Å². The number of hydrogen-bond acceptors (Lipinski definition) is 3. The van der Waals surface area contributed by atoms with E-state index in [-0.39, 0.29) is 17.7 Å². The molecular weight excluding hydrogens is 691 g/mol. The van der Waals surface area contributed by atoms with E-state index in [1.165, 1.54) is 66.8 Å². The number of benzene rings is 3. The van der Waals surface area contributed by atoms with Crippen LogP contribution in [0.3, 0.4) is 0 Å². The van der Waals surface area contributed by atoms with Gasteiger partial charge >= 0.3 is 0 Å². The fourth-order valence-corrected chi connectivity index (χ4v) is 8.26. The van der Waals surface area contributed by atoms with E-state index >= 15 is 0 Å². The van der Waals surface area contributed by atoms with Gasteiger partial charge in [-0.15, -0.1) is 0 Å². The first-order valence-electron chi connectivity index (χ1n) is 20.5. The average Bonchev–Trinajstić information content (AvgIpc) is 3.46. The van der Waals surface area contributed by atoms with E-state index in [4.69, 9.17) is 5.73 Å². The van der Waals surface area contributed by atoms with Crippen LogP contribution in [-0.2, 0) is 11.8 Å². The third-order valence-electron chi connectivity index (χ3n) is 11.3. The van der Waals surface area contributed by atoms with Crippen molar-refractivity contribution in [2.45, 2.75) is 85.0 Å². The van der Waals surface area contributed by atoms with Gasteiger partial charge < -0.3 is 5.73 Å². The zero-order valence-electron chi connectivity index (χ0n) is 35.2. The lowest BCUT2D eigenvalue weighted by Crippen LogP contribution is -2.46. The Bertz CT molecular complexity index is 2210. The van der Waals surface area contributed by atoms with Gasteiger partial charge in [0.05, 0.1) is 12.3 Å². The van der Waals surface area contributed by atoms with Crippen LogP contribution >= 0.6 is 0 Å². The maximum absolute atomic E-state index is 6.72. The molecule has 2 aliphatic carbocycles. The van der Waals surface area contributed by atoms with Gasteiger partial charge in [0.25, 0.3) is 0 Å². The largest absolute Gasteiger partial charge is 0.312 e. The predicted molar refractivity (Wildman–Crippen MR) is 252 cm³/mol. The first-order valence-corrected chi connectivity index (χ1v) is 20.5. The van der Waals surface area contributed by atoms with Crippen LogP contribution in [0.15, 0.2) is 152 Å². The second-order valence-corrected chi connectivity index (χ2v) is 15.3. The Morgan fingerprint density at radius 2 is 1.75 bits per heavy atom. The first-order chi connectivity index (χ1) is 27.6. The van der Waals surface area contributed by atoms with Crippen LogP contribution in [0, 0.1) is 6.92 Å². The van der Waals surface area contributed by atoms with Gasteiger partial charge in [0, 0.05) is 12.0 Å². The van der Waals surface area contributed by atoms with E-state index < -0.39 is 0 Å². The van der Waals surface area contributed by atoms with Crippen molar-refractivity contribution in [2.75, 3.05) is 6.54 Å². The van der Waals surface area contributed by atoms with E-state index in [0.717, 1.165) is 36.8 Å². The Hall–Kier alpha value is -5.32. The Morgan fingerprint density at radius 1 is 0.947 bits per heavy atom. The Morgan fingerprint density at radius 3 is 2.44 bits per heavy atom. The van der Waals surface area contributed by atoms with Gasteiger partial charge in [-0.05, 0) is 130 Å². The highest BCUT2D eigenvalue weighted by Gasteiger charge is 2.39. The van der Waals surface area contributed by atoms with Gasteiger partial charge in [-0.3, -0.25) is 10.6 Å². The molecule has 3 aromatic carbocycles. The molecule has 0 spiro atoms. The molecule has 5 rings (SSSR count). The van der Waals surface area contributed by atoms with Crippen LogP contribution in [0.4, 0.5) is 0 Å². The van der Waals surface area contributed by atoms with E-state index in [0.29, 0.717) is 6.54 Å². The first kappa shape index (κ1) is 42.8. The normalized spacial score (nSPS) is 16.4. The van der Waals surface area contributed by atoms with E-state index in [1.807, 2.05) is 18.2 Å². The van der Waals surface area contributed by atoms with Crippen LogP contribution in [0.25, 0.3) is 34.9 Å². The Labute approximate surface area is 344 Å². The molecule has 57 heavy (non-hydrogen) atoms. The third-order valence-corrected chi connectivity index (χ3v) is 11.3. The van der Waals surface area contributed by atoms with Crippen molar-refractivity contribution in [3.8, 4) is 11.1 Å². The molecule has 0 amide bonds.